The summed E-state index contributed by atoms with van der Waals surface area (Å²) in [5.74, 6) is 0.767. The van der Waals surface area contributed by atoms with E-state index in [0.29, 0.717) is 18.7 Å². The first kappa shape index (κ1) is 20.0. The highest BCUT2D eigenvalue weighted by Gasteiger charge is 2.21. The number of nitrogens with one attached hydrogen (secondary N) is 1. The molecule has 2 aromatic rings. The molecule has 0 radical (unpaired) electrons. The molecular formula is C19H22N2O6. The average molecular weight is 374 g/mol. The number of hydrogen-bond donors (Lipinski definition) is 1. The van der Waals surface area contributed by atoms with E-state index in [9.17, 15) is 14.9 Å². The van der Waals surface area contributed by atoms with Gasteiger partial charge in [-0.1, -0.05) is 12.1 Å². The van der Waals surface area contributed by atoms with Gasteiger partial charge in [0.1, 0.15) is 11.5 Å². The van der Waals surface area contributed by atoms with Crippen molar-refractivity contribution in [1.29, 1.82) is 0 Å². The zero-order chi connectivity index (χ0) is 19.8. The van der Waals surface area contributed by atoms with Crippen LogP contribution in [-0.4, -0.2) is 37.7 Å². The smallest absolute Gasteiger partial charge is 0.314 e. The Labute approximate surface area is 157 Å². The van der Waals surface area contributed by atoms with Crippen molar-refractivity contribution >= 4 is 11.6 Å². The Morgan fingerprint density at radius 2 is 1.74 bits per heavy atom. The molecule has 0 saturated heterocycles. The van der Waals surface area contributed by atoms with Crippen molar-refractivity contribution < 1.29 is 23.9 Å². The van der Waals surface area contributed by atoms with Crippen LogP contribution >= 0.6 is 0 Å². The molecular weight excluding hydrogens is 352 g/mol. The first-order valence-corrected chi connectivity index (χ1v) is 8.34. The topological polar surface area (TPSA) is 99.9 Å². The first-order chi connectivity index (χ1) is 12.9. The van der Waals surface area contributed by atoms with Gasteiger partial charge in [-0.15, -0.1) is 0 Å². The number of amides is 1. The van der Waals surface area contributed by atoms with Crippen molar-refractivity contribution in [2.45, 2.75) is 19.4 Å². The number of nitrogens with zero attached hydrogens (tertiary/aromatic N) is 1. The van der Waals surface area contributed by atoms with Crippen LogP contribution in [0.15, 0.2) is 42.5 Å². The van der Waals surface area contributed by atoms with Crippen molar-refractivity contribution in [3.8, 4) is 17.2 Å². The van der Waals surface area contributed by atoms with E-state index in [2.05, 4.69) is 5.32 Å². The van der Waals surface area contributed by atoms with Crippen LogP contribution in [-0.2, 0) is 11.2 Å². The molecule has 0 aliphatic heterocycles. The van der Waals surface area contributed by atoms with Crippen molar-refractivity contribution in [2.75, 3.05) is 20.8 Å². The van der Waals surface area contributed by atoms with Crippen LogP contribution in [0.4, 0.5) is 5.69 Å². The number of rotatable bonds is 9. The van der Waals surface area contributed by atoms with Crippen LogP contribution in [0.1, 0.15) is 12.5 Å². The molecule has 0 heterocycles. The lowest BCUT2D eigenvalue weighted by Gasteiger charge is -2.15. The summed E-state index contributed by atoms with van der Waals surface area (Å²) >= 11 is 0. The second-order valence-electron chi connectivity index (χ2n) is 5.74. The lowest BCUT2D eigenvalue weighted by molar-refractivity contribution is -0.386. The second-order valence-corrected chi connectivity index (χ2v) is 5.74. The molecule has 8 nitrogen and oxygen atoms in total. The average Bonchev–Trinajstić information content (AvgIpc) is 2.68. The second kappa shape index (κ2) is 9.42. The summed E-state index contributed by atoms with van der Waals surface area (Å²) in [6, 6.07) is 11.8. The van der Waals surface area contributed by atoms with Crippen molar-refractivity contribution in [1.82, 2.24) is 5.32 Å². The first-order valence-electron chi connectivity index (χ1n) is 8.34. The SMILES string of the molecule is COc1ccc(CCNC(=O)[C@@H](C)Oc2ccc(OC)cc2[N+](=O)[O-])cc1. The Morgan fingerprint density at radius 1 is 1.11 bits per heavy atom. The zero-order valence-electron chi connectivity index (χ0n) is 15.4. The number of carbonyl (C=O) groups excluding carboxylic acids is 1. The molecule has 1 amide bonds. The van der Waals surface area contributed by atoms with E-state index in [4.69, 9.17) is 14.2 Å². The highest BCUT2D eigenvalue weighted by molar-refractivity contribution is 5.80. The molecule has 2 rings (SSSR count). The van der Waals surface area contributed by atoms with Crippen LogP contribution in [0.3, 0.4) is 0 Å². The van der Waals surface area contributed by atoms with E-state index in [0.717, 1.165) is 11.3 Å². The molecule has 27 heavy (non-hydrogen) atoms. The minimum absolute atomic E-state index is 0.0126. The highest BCUT2D eigenvalue weighted by Crippen LogP contribution is 2.31. The number of benzene rings is 2. The van der Waals surface area contributed by atoms with Gasteiger partial charge >= 0.3 is 5.69 Å². The maximum Gasteiger partial charge on any atom is 0.314 e. The predicted molar refractivity (Wildman–Crippen MR) is 99.4 cm³/mol. The number of ether oxygens (including phenoxy) is 3. The fourth-order valence-corrected chi connectivity index (χ4v) is 2.38. The summed E-state index contributed by atoms with van der Waals surface area (Å²) in [6.07, 6.45) is -0.238. The molecule has 2 aromatic carbocycles. The van der Waals surface area contributed by atoms with Gasteiger partial charge in [-0.2, -0.15) is 0 Å². The monoisotopic (exact) mass is 374 g/mol. The molecule has 0 spiro atoms. The molecule has 0 aliphatic carbocycles. The van der Waals surface area contributed by atoms with Gasteiger partial charge in [-0.25, -0.2) is 0 Å². The minimum Gasteiger partial charge on any atom is -0.497 e. The van der Waals surface area contributed by atoms with Crippen LogP contribution in [0.2, 0.25) is 0 Å². The fourth-order valence-electron chi connectivity index (χ4n) is 2.38. The Balaban J connectivity index is 1.90. The van der Waals surface area contributed by atoms with E-state index >= 15 is 0 Å². The summed E-state index contributed by atoms with van der Waals surface area (Å²) in [7, 11) is 3.02. The number of nitro benzene ring substituents is 1. The van der Waals surface area contributed by atoms with Gasteiger partial charge in [-0.3, -0.25) is 14.9 Å². The van der Waals surface area contributed by atoms with Gasteiger partial charge in [0.2, 0.25) is 0 Å². The van der Waals surface area contributed by atoms with Gasteiger partial charge in [0.15, 0.2) is 11.9 Å². The lowest BCUT2D eigenvalue weighted by atomic mass is 10.1. The van der Waals surface area contributed by atoms with Crippen LogP contribution in [0.5, 0.6) is 17.2 Å². The van der Waals surface area contributed by atoms with Gasteiger partial charge in [-0.05, 0) is 43.2 Å². The quantitative estimate of drug-likeness (QED) is 0.535. The normalized spacial score (nSPS) is 11.4. The molecule has 0 unspecified atom stereocenters. The Kier molecular flexibility index (Phi) is 6.99. The Bertz CT molecular complexity index is 791. The third kappa shape index (κ3) is 5.60. The van der Waals surface area contributed by atoms with Gasteiger partial charge in [0, 0.05) is 6.54 Å². The summed E-state index contributed by atoms with van der Waals surface area (Å²) in [6.45, 7) is 1.96. The lowest BCUT2D eigenvalue weighted by Crippen LogP contribution is -2.37. The summed E-state index contributed by atoms with van der Waals surface area (Å²) in [5.41, 5.74) is 0.794. The van der Waals surface area contributed by atoms with E-state index < -0.39 is 11.0 Å². The van der Waals surface area contributed by atoms with E-state index in [1.165, 1.54) is 32.2 Å². The van der Waals surface area contributed by atoms with Crippen molar-refractivity contribution in [3.63, 3.8) is 0 Å². The van der Waals surface area contributed by atoms with E-state index in [1.54, 1.807) is 7.11 Å². The maximum atomic E-state index is 12.2. The molecule has 0 aromatic heterocycles. The molecule has 0 aliphatic rings. The van der Waals surface area contributed by atoms with Gasteiger partial charge in [0.25, 0.3) is 5.91 Å². The Morgan fingerprint density at radius 3 is 2.33 bits per heavy atom. The molecule has 1 atom stereocenters. The molecule has 144 valence electrons. The minimum atomic E-state index is -0.882. The fraction of sp³-hybridized carbons (Fsp3) is 0.316. The zero-order valence-corrected chi connectivity index (χ0v) is 15.4. The molecule has 1 N–H and O–H groups in total. The number of hydrogen-bond acceptors (Lipinski definition) is 6. The molecule has 8 heteroatoms. The summed E-state index contributed by atoms with van der Waals surface area (Å²) < 4.78 is 15.5. The Hall–Kier alpha value is -3.29. The third-order valence-electron chi connectivity index (χ3n) is 3.91. The van der Waals surface area contributed by atoms with Crippen molar-refractivity contribution in [2.24, 2.45) is 0 Å². The third-order valence-corrected chi connectivity index (χ3v) is 3.91. The largest absolute Gasteiger partial charge is 0.497 e. The number of methoxy groups -OCH3 is 2. The number of nitro groups is 1. The van der Waals surface area contributed by atoms with E-state index in [1.807, 2.05) is 24.3 Å². The van der Waals surface area contributed by atoms with Crippen LogP contribution < -0.4 is 19.5 Å². The van der Waals surface area contributed by atoms with E-state index in [-0.39, 0.29) is 17.3 Å². The molecule has 0 fully saturated rings. The van der Waals surface area contributed by atoms with Crippen molar-refractivity contribution in [3.05, 3.63) is 58.1 Å². The number of carbonyl (C=O) groups is 1. The predicted octanol–water partition coefficient (Wildman–Crippen LogP) is 2.74. The standard InChI is InChI=1S/C19H22N2O6/c1-13(27-18-9-8-16(26-3)12-17(18)21(23)24)19(22)20-11-10-14-4-6-15(25-2)7-5-14/h4-9,12-13H,10-11H2,1-3H3,(H,20,22)/t13-/m1/s1. The van der Waals surface area contributed by atoms with Gasteiger partial charge in [0.05, 0.1) is 25.2 Å². The van der Waals surface area contributed by atoms with Crippen LogP contribution in [0.25, 0.3) is 0 Å². The molecule has 0 saturated carbocycles. The summed E-state index contributed by atoms with van der Waals surface area (Å²) in [4.78, 5) is 22.8. The highest BCUT2D eigenvalue weighted by atomic mass is 16.6. The molecule has 0 bridgehead atoms. The maximum absolute atomic E-state index is 12.2. The summed E-state index contributed by atoms with van der Waals surface area (Å²) in [5, 5.41) is 13.9. The van der Waals surface area contributed by atoms with Crippen LogP contribution in [0, 0.1) is 10.1 Å². The van der Waals surface area contributed by atoms with Gasteiger partial charge < -0.3 is 19.5 Å².